The molecule has 1 unspecified atom stereocenters. The van der Waals surface area contributed by atoms with Gasteiger partial charge in [-0.15, -0.1) is 22.0 Å². The van der Waals surface area contributed by atoms with Gasteiger partial charge in [0.05, 0.1) is 0 Å². The SMILES string of the molecule is Cc1nnc(SCC2=C(C(=O)OC(C)(C)C)N3C(=O)C(N)[C@H]3SC2)s1. The van der Waals surface area contributed by atoms with E-state index in [2.05, 4.69) is 10.2 Å². The first-order chi connectivity index (χ1) is 11.7. The number of nitrogens with zero attached hydrogens (tertiary/aromatic N) is 3. The summed E-state index contributed by atoms with van der Waals surface area (Å²) in [5, 5.41) is 8.79. The number of hydrogen-bond donors (Lipinski definition) is 1. The summed E-state index contributed by atoms with van der Waals surface area (Å²) in [4.78, 5) is 26.4. The second kappa shape index (κ2) is 6.90. The van der Waals surface area contributed by atoms with Crippen LogP contribution < -0.4 is 5.73 Å². The summed E-state index contributed by atoms with van der Waals surface area (Å²) in [5.41, 5.74) is 6.46. The second-order valence-corrected chi connectivity index (χ2v) is 10.3. The summed E-state index contributed by atoms with van der Waals surface area (Å²) in [7, 11) is 0. The van der Waals surface area contributed by atoms with Gasteiger partial charge in [0, 0.05) is 11.5 Å². The molecule has 7 nitrogen and oxygen atoms in total. The van der Waals surface area contributed by atoms with Crippen molar-refractivity contribution < 1.29 is 14.3 Å². The first-order valence-corrected chi connectivity index (χ1v) is 10.6. The number of amides is 1. The number of rotatable bonds is 4. The van der Waals surface area contributed by atoms with E-state index in [0.717, 1.165) is 14.9 Å². The number of ether oxygens (including phenoxy) is 1. The number of β-lactam (4-membered cyclic amide) rings is 1. The molecule has 136 valence electrons. The van der Waals surface area contributed by atoms with Gasteiger partial charge in [0.2, 0.25) is 5.91 Å². The number of aryl methyl sites for hydroxylation is 1. The van der Waals surface area contributed by atoms with E-state index < -0.39 is 17.6 Å². The van der Waals surface area contributed by atoms with Gasteiger partial charge >= 0.3 is 5.97 Å². The van der Waals surface area contributed by atoms with Crippen molar-refractivity contribution in [3.05, 3.63) is 16.3 Å². The van der Waals surface area contributed by atoms with Crippen molar-refractivity contribution >= 4 is 46.7 Å². The van der Waals surface area contributed by atoms with Crippen LogP contribution in [0, 0.1) is 6.92 Å². The van der Waals surface area contributed by atoms with Gasteiger partial charge < -0.3 is 10.5 Å². The van der Waals surface area contributed by atoms with E-state index in [4.69, 9.17) is 10.5 Å². The lowest BCUT2D eigenvalue weighted by atomic mass is 10.0. The Labute approximate surface area is 158 Å². The molecule has 25 heavy (non-hydrogen) atoms. The molecule has 0 spiro atoms. The average Bonchev–Trinajstić information content (AvgIpc) is 2.95. The van der Waals surface area contributed by atoms with Crippen molar-refractivity contribution in [1.82, 2.24) is 15.1 Å². The zero-order chi connectivity index (χ0) is 18.4. The van der Waals surface area contributed by atoms with Crippen LogP contribution in [0.15, 0.2) is 15.6 Å². The van der Waals surface area contributed by atoms with Crippen molar-refractivity contribution in [1.29, 1.82) is 0 Å². The summed E-state index contributed by atoms with van der Waals surface area (Å²) in [5.74, 6) is 0.498. The largest absolute Gasteiger partial charge is 0.455 e. The molecular weight excluding hydrogens is 380 g/mol. The third kappa shape index (κ3) is 3.86. The molecule has 0 aromatic carbocycles. The van der Waals surface area contributed by atoms with Crippen LogP contribution in [0.3, 0.4) is 0 Å². The van der Waals surface area contributed by atoms with Crippen LogP contribution in [0.25, 0.3) is 0 Å². The Balaban J connectivity index is 1.85. The molecule has 10 heteroatoms. The fourth-order valence-electron chi connectivity index (χ4n) is 2.49. The Morgan fingerprint density at radius 3 is 2.76 bits per heavy atom. The van der Waals surface area contributed by atoms with Crippen molar-refractivity contribution in [2.75, 3.05) is 11.5 Å². The molecule has 2 atom stereocenters. The predicted molar refractivity (Wildman–Crippen MR) is 99.3 cm³/mol. The minimum absolute atomic E-state index is 0.187. The molecule has 0 saturated carbocycles. The normalized spacial score (nSPS) is 23.4. The maximum Gasteiger partial charge on any atom is 0.355 e. The maximum absolute atomic E-state index is 12.7. The number of nitrogens with two attached hydrogens (primary N) is 1. The first-order valence-electron chi connectivity index (χ1n) is 7.76. The highest BCUT2D eigenvalue weighted by Crippen LogP contribution is 2.41. The lowest BCUT2D eigenvalue weighted by Gasteiger charge is -2.48. The first kappa shape index (κ1) is 18.7. The van der Waals surface area contributed by atoms with E-state index in [1.165, 1.54) is 28.0 Å². The molecule has 2 aliphatic rings. The molecule has 0 aliphatic carbocycles. The monoisotopic (exact) mass is 400 g/mol. The van der Waals surface area contributed by atoms with E-state index in [9.17, 15) is 9.59 Å². The number of fused-ring (bicyclic) bond motifs is 1. The van der Waals surface area contributed by atoms with Gasteiger partial charge in [-0.05, 0) is 33.3 Å². The molecule has 1 aromatic rings. The summed E-state index contributed by atoms with van der Waals surface area (Å²) < 4.78 is 6.36. The minimum Gasteiger partial charge on any atom is -0.455 e. The van der Waals surface area contributed by atoms with Gasteiger partial charge in [-0.3, -0.25) is 9.69 Å². The van der Waals surface area contributed by atoms with Gasteiger partial charge in [0.1, 0.15) is 27.7 Å². The molecule has 1 fully saturated rings. The summed E-state index contributed by atoms with van der Waals surface area (Å²) >= 11 is 4.60. The van der Waals surface area contributed by atoms with Gasteiger partial charge in [-0.1, -0.05) is 23.1 Å². The van der Waals surface area contributed by atoms with E-state index >= 15 is 0 Å². The fraction of sp³-hybridized carbons (Fsp3) is 0.600. The fourth-order valence-corrected chi connectivity index (χ4v) is 5.74. The summed E-state index contributed by atoms with van der Waals surface area (Å²) in [6.45, 7) is 7.32. The molecule has 1 amide bonds. The van der Waals surface area contributed by atoms with Crippen molar-refractivity contribution in [2.45, 2.75) is 49.1 Å². The number of hydrogen-bond acceptors (Lipinski definition) is 9. The lowest BCUT2D eigenvalue weighted by molar-refractivity contribution is -0.157. The molecule has 3 rings (SSSR count). The van der Waals surface area contributed by atoms with Crippen LogP contribution in [-0.4, -0.2) is 55.5 Å². The molecule has 0 bridgehead atoms. The number of aromatic nitrogens is 2. The lowest BCUT2D eigenvalue weighted by Crippen LogP contribution is -2.68. The van der Waals surface area contributed by atoms with Crippen LogP contribution in [0.5, 0.6) is 0 Å². The highest BCUT2D eigenvalue weighted by Gasteiger charge is 2.52. The zero-order valence-corrected chi connectivity index (χ0v) is 16.9. The van der Waals surface area contributed by atoms with Crippen molar-refractivity contribution in [2.24, 2.45) is 5.73 Å². The molecule has 1 saturated heterocycles. The topological polar surface area (TPSA) is 98.4 Å². The van der Waals surface area contributed by atoms with Gasteiger partial charge in [-0.2, -0.15) is 0 Å². The molecule has 3 heterocycles. The van der Waals surface area contributed by atoms with E-state index in [1.54, 1.807) is 11.8 Å². The van der Waals surface area contributed by atoms with Crippen LogP contribution in [0.1, 0.15) is 25.8 Å². The average molecular weight is 401 g/mol. The minimum atomic E-state index is -0.630. The van der Waals surface area contributed by atoms with E-state index in [-0.39, 0.29) is 11.3 Å². The van der Waals surface area contributed by atoms with E-state index in [0.29, 0.717) is 17.2 Å². The number of carbonyl (C=O) groups is 2. The number of carbonyl (C=O) groups excluding carboxylic acids is 2. The smallest absolute Gasteiger partial charge is 0.355 e. The van der Waals surface area contributed by atoms with Crippen LogP contribution in [0.2, 0.25) is 0 Å². The number of thioether (sulfide) groups is 2. The van der Waals surface area contributed by atoms with Crippen LogP contribution >= 0.6 is 34.9 Å². The van der Waals surface area contributed by atoms with Crippen LogP contribution in [0.4, 0.5) is 0 Å². The van der Waals surface area contributed by atoms with Crippen molar-refractivity contribution in [3.63, 3.8) is 0 Å². The van der Waals surface area contributed by atoms with Gasteiger partial charge in [0.15, 0.2) is 4.34 Å². The molecular formula is C15H20N4O3S3. The van der Waals surface area contributed by atoms with Crippen molar-refractivity contribution in [3.8, 4) is 0 Å². The highest BCUT2D eigenvalue weighted by molar-refractivity contribution is 8.01. The Morgan fingerprint density at radius 1 is 1.44 bits per heavy atom. The van der Waals surface area contributed by atoms with E-state index in [1.807, 2.05) is 27.7 Å². The zero-order valence-electron chi connectivity index (χ0n) is 14.4. The molecule has 1 aromatic heterocycles. The Morgan fingerprint density at radius 2 is 2.16 bits per heavy atom. The highest BCUT2D eigenvalue weighted by atomic mass is 32.2. The third-order valence-corrected chi connectivity index (χ3v) is 6.98. The second-order valence-electron chi connectivity index (χ2n) is 6.77. The third-order valence-electron chi connectivity index (χ3n) is 3.56. The Kier molecular flexibility index (Phi) is 5.16. The standard InChI is InChI=1S/C15H20N4O3S3/c1-7-17-18-14(25-7)24-6-8-5-23-12-9(16)11(20)19(12)10(8)13(21)22-15(2,3)4/h9,12H,5-6,16H2,1-4H3/t9?,12-/m1/s1. The summed E-state index contributed by atoms with van der Waals surface area (Å²) in [6.07, 6.45) is 0. The summed E-state index contributed by atoms with van der Waals surface area (Å²) in [6, 6.07) is -0.553. The molecule has 2 N–H and O–H groups in total. The predicted octanol–water partition coefficient (Wildman–Crippen LogP) is 1.78. The van der Waals surface area contributed by atoms with Gasteiger partial charge in [-0.25, -0.2) is 4.79 Å². The maximum atomic E-state index is 12.7. The van der Waals surface area contributed by atoms with Crippen LogP contribution in [-0.2, 0) is 14.3 Å². The molecule has 2 aliphatic heterocycles. The van der Waals surface area contributed by atoms with Gasteiger partial charge in [0.25, 0.3) is 0 Å². The number of esters is 1. The molecule has 0 radical (unpaired) electrons. The quantitative estimate of drug-likeness (QED) is 0.464. The Bertz CT molecular complexity index is 741. The Hall–Kier alpha value is -1.10.